The predicted octanol–water partition coefficient (Wildman–Crippen LogP) is 3.25. The molecule has 3 heterocycles. The first-order valence-electron chi connectivity index (χ1n) is 10.4. The number of nitrogens with one attached hydrogen (secondary N) is 1. The summed E-state index contributed by atoms with van der Waals surface area (Å²) in [4.78, 5) is 25.9. The van der Waals surface area contributed by atoms with Crippen LogP contribution in [0.4, 0.5) is 0 Å². The van der Waals surface area contributed by atoms with E-state index in [1.807, 2.05) is 52.0 Å². The van der Waals surface area contributed by atoms with Gasteiger partial charge in [-0.1, -0.05) is 47.1 Å². The molecule has 9 heteroatoms. The van der Waals surface area contributed by atoms with Gasteiger partial charge in [-0.15, -0.1) is 0 Å². The Kier molecular flexibility index (Phi) is 5.93. The van der Waals surface area contributed by atoms with Crippen molar-refractivity contribution in [1.29, 1.82) is 0 Å². The number of likely N-dealkylation sites (tertiary alicyclic amines) is 1. The molecule has 2 aliphatic rings. The van der Waals surface area contributed by atoms with Crippen LogP contribution < -0.4 is 5.48 Å². The molecule has 8 nitrogen and oxygen atoms in total. The predicted molar refractivity (Wildman–Crippen MR) is 118 cm³/mol. The number of aliphatic imine (C=N–C) groups is 1. The molecule has 4 rings (SSSR count). The van der Waals surface area contributed by atoms with Crippen molar-refractivity contribution in [2.75, 3.05) is 6.54 Å². The lowest BCUT2D eigenvalue weighted by molar-refractivity contribution is -0.134. The van der Waals surface area contributed by atoms with E-state index in [-0.39, 0.29) is 18.4 Å². The lowest BCUT2D eigenvalue weighted by Crippen LogP contribution is -2.46. The van der Waals surface area contributed by atoms with Crippen LogP contribution in [-0.2, 0) is 15.4 Å². The maximum absolute atomic E-state index is 13.6. The van der Waals surface area contributed by atoms with E-state index < -0.39 is 23.8 Å². The van der Waals surface area contributed by atoms with Crippen LogP contribution in [0.5, 0.6) is 0 Å². The molecule has 2 aliphatic heterocycles. The summed E-state index contributed by atoms with van der Waals surface area (Å²) < 4.78 is 6.39. The highest BCUT2D eigenvalue weighted by Gasteiger charge is 2.45. The van der Waals surface area contributed by atoms with Crippen molar-refractivity contribution < 1.29 is 19.3 Å². The van der Waals surface area contributed by atoms with Gasteiger partial charge in [0.05, 0.1) is 17.8 Å². The quantitative estimate of drug-likeness (QED) is 0.666. The molecule has 1 amide bonds. The summed E-state index contributed by atoms with van der Waals surface area (Å²) in [6.07, 6.45) is -0.250. The molecule has 0 radical (unpaired) electrons. The average Bonchev–Trinajstić information content (AvgIpc) is 3.41. The highest BCUT2D eigenvalue weighted by Crippen LogP contribution is 2.35. The minimum absolute atomic E-state index is 0.000926. The average molecular weight is 491 g/mol. The number of aryl methyl sites for hydroxylation is 1. The molecule has 0 spiro atoms. The van der Waals surface area contributed by atoms with Crippen molar-refractivity contribution in [3.8, 4) is 0 Å². The SMILES string of the molecule is Cc1cc([C@H](C(=O)N2C[C@H](O)C[C@H]2C2=N[C@@](C)(c3ccc(Br)cc3)ON2)C(C)C)on1. The normalized spacial score (nSPS) is 26.8. The molecule has 1 saturated heterocycles. The van der Waals surface area contributed by atoms with Gasteiger partial charge in [-0.05, 0) is 31.9 Å². The van der Waals surface area contributed by atoms with Gasteiger partial charge in [-0.25, -0.2) is 15.3 Å². The molecule has 0 aliphatic carbocycles. The number of carbonyl (C=O) groups excluding carboxylic acids is 1. The molecule has 2 aromatic rings. The summed E-state index contributed by atoms with van der Waals surface area (Å²) in [6, 6.07) is 9.11. The van der Waals surface area contributed by atoms with E-state index in [4.69, 9.17) is 14.4 Å². The van der Waals surface area contributed by atoms with E-state index in [0.29, 0.717) is 18.0 Å². The minimum atomic E-state index is -0.919. The third-order valence-electron chi connectivity index (χ3n) is 5.83. The van der Waals surface area contributed by atoms with Gasteiger partial charge in [0, 0.05) is 29.1 Å². The first kappa shape index (κ1) is 22.0. The van der Waals surface area contributed by atoms with Crippen LogP contribution in [0.2, 0.25) is 0 Å². The van der Waals surface area contributed by atoms with Crippen molar-refractivity contribution in [2.24, 2.45) is 10.9 Å². The number of rotatable bonds is 5. The summed E-state index contributed by atoms with van der Waals surface area (Å²) in [5.74, 6) is 0.465. The fourth-order valence-corrected chi connectivity index (χ4v) is 4.48. The van der Waals surface area contributed by atoms with E-state index in [1.54, 1.807) is 11.0 Å². The third-order valence-corrected chi connectivity index (χ3v) is 6.36. The van der Waals surface area contributed by atoms with Crippen LogP contribution in [0.3, 0.4) is 0 Å². The molecule has 0 bridgehead atoms. The van der Waals surface area contributed by atoms with Crippen molar-refractivity contribution in [2.45, 2.75) is 57.9 Å². The molecule has 4 atom stereocenters. The molecule has 1 fully saturated rings. The summed E-state index contributed by atoms with van der Waals surface area (Å²) >= 11 is 3.44. The number of amides is 1. The molecule has 2 N–H and O–H groups in total. The van der Waals surface area contributed by atoms with Gasteiger partial charge in [0.15, 0.2) is 0 Å². The van der Waals surface area contributed by atoms with Crippen molar-refractivity contribution in [3.63, 3.8) is 0 Å². The maximum Gasteiger partial charge on any atom is 0.234 e. The smallest absolute Gasteiger partial charge is 0.234 e. The molecule has 1 aromatic carbocycles. The summed E-state index contributed by atoms with van der Waals surface area (Å²) in [5.41, 5.74) is 3.61. The van der Waals surface area contributed by atoms with Gasteiger partial charge < -0.3 is 14.5 Å². The number of hydroxylamine groups is 1. The first-order valence-corrected chi connectivity index (χ1v) is 11.2. The molecule has 0 unspecified atom stereocenters. The first-order chi connectivity index (χ1) is 14.7. The number of benzene rings is 1. The highest BCUT2D eigenvalue weighted by molar-refractivity contribution is 9.10. The van der Waals surface area contributed by atoms with Gasteiger partial charge >= 0.3 is 0 Å². The molecule has 1 aromatic heterocycles. The second-order valence-corrected chi connectivity index (χ2v) is 9.59. The number of halogens is 1. The van der Waals surface area contributed by atoms with Crippen LogP contribution in [0.1, 0.15) is 50.1 Å². The Hall–Kier alpha value is -2.23. The highest BCUT2D eigenvalue weighted by atomic mass is 79.9. The molecule has 0 saturated carbocycles. The van der Waals surface area contributed by atoms with Gasteiger partial charge in [0.1, 0.15) is 17.5 Å². The Morgan fingerprint density at radius 3 is 2.68 bits per heavy atom. The number of nitrogens with zero attached hydrogens (tertiary/aromatic N) is 3. The second-order valence-electron chi connectivity index (χ2n) is 8.68. The Morgan fingerprint density at radius 1 is 1.35 bits per heavy atom. The van der Waals surface area contributed by atoms with E-state index in [0.717, 1.165) is 15.7 Å². The Bertz CT molecular complexity index is 990. The van der Waals surface area contributed by atoms with Gasteiger partial charge in [0.2, 0.25) is 11.6 Å². The molecule has 166 valence electrons. The summed E-state index contributed by atoms with van der Waals surface area (Å²) in [5, 5.41) is 14.3. The Morgan fingerprint density at radius 2 is 2.06 bits per heavy atom. The number of amidine groups is 1. The van der Waals surface area contributed by atoms with Crippen LogP contribution in [-0.4, -0.2) is 45.6 Å². The number of aliphatic hydroxyl groups is 1. The fourth-order valence-electron chi connectivity index (χ4n) is 4.21. The van der Waals surface area contributed by atoms with E-state index in [1.165, 1.54) is 0 Å². The summed E-state index contributed by atoms with van der Waals surface area (Å²) in [6.45, 7) is 7.87. The zero-order valence-corrected chi connectivity index (χ0v) is 19.6. The van der Waals surface area contributed by atoms with E-state index in [9.17, 15) is 9.90 Å². The van der Waals surface area contributed by atoms with Crippen molar-refractivity contribution in [1.82, 2.24) is 15.5 Å². The van der Waals surface area contributed by atoms with Crippen LogP contribution in [0.25, 0.3) is 0 Å². The second kappa shape index (κ2) is 8.37. The summed E-state index contributed by atoms with van der Waals surface area (Å²) in [7, 11) is 0. The Balaban J connectivity index is 1.62. The largest absolute Gasteiger partial charge is 0.391 e. The third kappa shape index (κ3) is 4.26. The topological polar surface area (TPSA) is 100 Å². The number of aliphatic hydroxyl groups excluding tert-OH is 1. The maximum atomic E-state index is 13.6. The van der Waals surface area contributed by atoms with Crippen molar-refractivity contribution >= 4 is 27.7 Å². The Labute approximate surface area is 189 Å². The number of carbonyl (C=O) groups is 1. The monoisotopic (exact) mass is 490 g/mol. The number of hydrogen-bond donors (Lipinski definition) is 2. The number of aromatic nitrogens is 1. The zero-order valence-electron chi connectivity index (χ0n) is 18.0. The van der Waals surface area contributed by atoms with Crippen LogP contribution in [0.15, 0.2) is 44.3 Å². The van der Waals surface area contributed by atoms with E-state index in [2.05, 4.69) is 26.6 Å². The zero-order chi connectivity index (χ0) is 22.3. The number of β-amino-alcohol motifs (C(OH)–C–C–N with tert-alkyl or cyclic N) is 1. The standard InChI is InChI=1S/C22H27BrN4O4/c1-12(2)19(18-9-13(3)25-30-18)21(29)27-11-16(28)10-17(27)20-24-22(4,31-26-20)14-5-7-15(23)8-6-14/h5-9,12,16-17,19,28H,10-11H2,1-4H3,(H,24,26)/t16-,17+,19-,22-/m1/s1. The molecular formula is C22H27BrN4O4. The van der Waals surface area contributed by atoms with E-state index >= 15 is 0 Å². The lowest BCUT2D eigenvalue weighted by Gasteiger charge is -2.29. The lowest BCUT2D eigenvalue weighted by atomic mass is 9.91. The van der Waals surface area contributed by atoms with Crippen molar-refractivity contribution in [3.05, 3.63) is 51.8 Å². The fraction of sp³-hybridized carbons (Fsp3) is 0.500. The molecular weight excluding hydrogens is 464 g/mol. The van der Waals surface area contributed by atoms with Crippen LogP contribution >= 0.6 is 15.9 Å². The van der Waals surface area contributed by atoms with Gasteiger partial charge in [0.25, 0.3) is 0 Å². The number of hydrogen-bond acceptors (Lipinski definition) is 7. The van der Waals surface area contributed by atoms with Gasteiger partial charge in [-0.2, -0.15) is 0 Å². The minimum Gasteiger partial charge on any atom is -0.391 e. The molecule has 31 heavy (non-hydrogen) atoms. The van der Waals surface area contributed by atoms with Crippen LogP contribution in [0, 0.1) is 12.8 Å². The van der Waals surface area contributed by atoms with Gasteiger partial charge in [-0.3, -0.25) is 4.79 Å².